The van der Waals surface area contributed by atoms with Gasteiger partial charge in [0.25, 0.3) is 11.8 Å². The first-order valence-electron chi connectivity index (χ1n) is 14.4. The molecule has 206 valence electrons. The molecule has 0 aliphatic carbocycles. The largest absolute Gasteiger partial charge is 0.368 e. The summed E-state index contributed by atoms with van der Waals surface area (Å²) in [5.74, 6) is 0.000591. The van der Waals surface area contributed by atoms with E-state index in [1.54, 1.807) is 0 Å². The second-order valence-electron chi connectivity index (χ2n) is 11.6. The van der Waals surface area contributed by atoms with Crippen LogP contribution in [0.4, 0.5) is 11.4 Å². The van der Waals surface area contributed by atoms with Crippen molar-refractivity contribution in [3.05, 3.63) is 95.1 Å². The normalized spacial score (nSPS) is 13.8. The van der Waals surface area contributed by atoms with Gasteiger partial charge in [-0.05, 0) is 77.9 Å². The lowest BCUT2D eigenvalue weighted by molar-refractivity contribution is 0.0746. The van der Waals surface area contributed by atoms with Crippen molar-refractivity contribution in [1.29, 1.82) is 0 Å². The topological polar surface area (TPSA) is 52.7 Å². The maximum absolute atomic E-state index is 13.0. The van der Waals surface area contributed by atoms with E-state index in [-0.39, 0.29) is 17.2 Å². The van der Waals surface area contributed by atoms with E-state index in [0.29, 0.717) is 18.7 Å². The minimum absolute atomic E-state index is 0.0738. The van der Waals surface area contributed by atoms with Crippen LogP contribution in [0.15, 0.2) is 72.8 Å². The van der Waals surface area contributed by atoms with Gasteiger partial charge < -0.3 is 15.1 Å². The Morgan fingerprint density at radius 1 is 0.744 bits per heavy atom. The molecule has 1 N–H and O–H groups in total. The molecule has 1 saturated heterocycles. The summed E-state index contributed by atoms with van der Waals surface area (Å²) in [6.45, 7) is 11.7. The highest BCUT2D eigenvalue weighted by molar-refractivity contribution is 6.04. The minimum Gasteiger partial charge on any atom is -0.368 e. The molecule has 0 bridgehead atoms. The van der Waals surface area contributed by atoms with Gasteiger partial charge in [-0.25, -0.2) is 0 Å². The number of nitrogens with one attached hydrogen (secondary N) is 1. The number of piperazine rings is 1. The van der Waals surface area contributed by atoms with E-state index < -0.39 is 0 Å². The first-order chi connectivity index (χ1) is 18.7. The maximum atomic E-state index is 13.0. The Morgan fingerprint density at radius 2 is 1.36 bits per heavy atom. The number of hydrogen-bond acceptors (Lipinski definition) is 3. The zero-order valence-corrected chi connectivity index (χ0v) is 24.0. The highest BCUT2D eigenvalue weighted by Gasteiger charge is 2.23. The van der Waals surface area contributed by atoms with Crippen molar-refractivity contribution < 1.29 is 9.59 Å². The van der Waals surface area contributed by atoms with Gasteiger partial charge in [-0.3, -0.25) is 9.59 Å². The maximum Gasteiger partial charge on any atom is 0.255 e. The van der Waals surface area contributed by atoms with Crippen LogP contribution in [0.25, 0.3) is 0 Å². The number of hydrogen-bond donors (Lipinski definition) is 1. The molecule has 1 fully saturated rings. The number of rotatable bonds is 9. The highest BCUT2D eigenvalue weighted by atomic mass is 16.2. The molecule has 2 amide bonds. The quantitative estimate of drug-likeness (QED) is 0.298. The van der Waals surface area contributed by atoms with Gasteiger partial charge in [-0.1, -0.05) is 71.2 Å². The van der Waals surface area contributed by atoms with Gasteiger partial charge in [0, 0.05) is 48.7 Å². The van der Waals surface area contributed by atoms with Crippen LogP contribution in [0, 0.1) is 0 Å². The Morgan fingerprint density at radius 3 is 1.95 bits per heavy atom. The van der Waals surface area contributed by atoms with E-state index in [1.807, 2.05) is 53.4 Å². The molecule has 0 unspecified atom stereocenters. The van der Waals surface area contributed by atoms with Gasteiger partial charge in [0.05, 0.1) is 0 Å². The fraction of sp³-hybridized carbons (Fsp3) is 0.412. The molecule has 5 nitrogen and oxygen atoms in total. The van der Waals surface area contributed by atoms with E-state index in [0.717, 1.165) is 36.4 Å². The number of benzene rings is 3. The molecule has 1 aliphatic rings. The zero-order valence-electron chi connectivity index (χ0n) is 24.0. The molecule has 0 saturated carbocycles. The lowest BCUT2D eigenvalue weighted by Crippen LogP contribution is -2.48. The van der Waals surface area contributed by atoms with Gasteiger partial charge >= 0.3 is 0 Å². The van der Waals surface area contributed by atoms with Crippen LogP contribution in [-0.2, 0) is 11.8 Å². The van der Waals surface area contributed by atoms with E-state index in [2.05, 4.69) is 62.2 Å². The molecule has 0 radical (unpaired) electrons. The average molecular weight is 526 g/mol. The molecule has 1 aliphatic heterocycles. The molecule has 0 spiro atoms. The summed E-state index contributed by atoms with van der Waals surface area (Å²) >= 11 is 0. The highest BCUT2D eigenvalue weighted by Crippen LogP contribution is 2.24. The Hall–Kier alpha value is -3.60. The van der Waals surface area contributed by atoms with Crippen molar-refractivity contribution >= 4 is 23.2 Å². The van der Waals surface area contributed by atoms with Crippen LogP contribution < -0.4 is 10.2 Å². The third-order valence-corrected chi connectivity index (χ3v) is 7.59. The van der Waals surface area contributed by atoms with Crippen molar-refractivity contribution in [2.24, 2.45) is 0 Å². The number of unbranched alkanes of at least 4 members (excludes halogenated alkanes) is 3. The van der Waals surface area contributed by atoms with Crippen molar-refractivity contribution in [1.82, 2.24) is 4.90 Å². The standard InChI is InChI=1S/C34H43N3O2/c1-5-6-7-8-9-26-10-12-27(13-11-26)32(38)35-30-18-20-31(21-19-30)36-22-24-37(25-23-36)33(39)28-14-16-29(17-15-28)34(2,3)4/h10-21H,5-9,22-25H2,1-4H3,(H,35,38). The van der Waals surface area contributed by atoms with Gasteiger partial charge in [-0.2, -0.15) is 0 Å². The van der Waals surface area contributed by atoms with Crippen LogP contribution >= 0.6 is 0 Å². The van der Waals surface area contributed by atoms with Crippen LogP contribution in [-0.4, -0.2) is 42.9 Å². The fourth-order valence-corrected chi connectivity index (χ4v) is 5.00. The van der Waals surface area contributed by atoms with Crippen LogP contribution in [0.5, 0.6) is 0 Å². The molecular weight excluding hydrogens is 482 g/mol. The Kier molecular flexibility index (Phi) is 9.45. The first kappa shape index (κ1) is 28.4. The lowest BCUT2D eigenvalue weighted by Gasteiger charge is -2.36. The van der Waals surface area contributed by atoms with Crippen molar-refractivity contribution in [3.63, 3.8) is 0 Å². The van der Waals surface area contributed by atoms with Crippen molar-refractivity contribution in [2.75, 3.05) is 36.4 Å². The summed E-state index contributed by atoms with van der Waals surface area (Å²) in [6.07, 6.45) is 6.04. The summed E-state index contributed by atoms with van der Waals surface area (Å²) in [7, 11) is 0. The smallest absolute Gasteiger partial charge is 0.255 e. The van der Waals surface area contributed by atoms with Crippen LogP contribution in [0.3, 0.4) is 0 Å². The molecule has 1 heterocycles. The molecule has 3 aromatic carbocycles. The van der Waals surface area contributed by atoms with Gasteiger partial charge in [0.15, 0.2) is 0 Å². The molecular formula is C34H43N3O2. The monoisotopic (exact) mass is 525 g/mol. The van der Waals surface area contributed by atoms with Gasteiger partial charge in [0.1, 0.15) is 0 Å². The second-order valence-corrected chi connectivity index (χ2v) is 11.6. The number of amides is 2. The number of aryl methyl sites for hydroxylation is 1. The second kappa shape index (κ2) is 13.0. The van der Waals surface area contributed by atoms with Gasteiger partial charge in [-0.15, -0.1) is 0 Å². The zero-order chi connectivity index (χ0) is 27.8. The summed E-state index contributed by atoms with van der Waals surface area (Å²) < 4.78 is 0. The Balaban J connectivity index is 1.26. The lowest BCUT2D eigenvalue weighted by atomic mass is 9.86. The van der Waals surface area contributed by atoms with E-state index in [9.17, 15) is 9.59 Å². The Bertz CT molecular complexity index is 1220. The third kappa shape index (κ3) is 7.72. The predicted octanol–water partition coefficient (Wildman–Crippen LogP) is 7.32. The van der Waals surface area contributed by atoms with Gasteiger partial charge in [0.2, 0.25) is 0 Å². The van der Waals surface area contributed by atoms with Crippen LogP contribution in [0.2, 0.25) is 0 Å². The molecule has 4 rings (SSSR count). The fourth-order valence-electron chi connectivity index (χ4n) is 5.00. The first-order valence-corrected chi connectivity index (χ1v) is 14.4. The SMILES string of the molecule is CCCCCCc1ccc(C(=O)Nc2ccc(N3CCN(C(=O)c4ccc(C(C)(C)C)cc4)CC3)cc2)cc1. The van der Waals surface area contributed by atoms with E-state index >= 15 is 0 Å². The number of carbonyl (C=O) groups excluding carboxylic acids is 2. The molecule has 39 heavy (non-hydrogen) atoms. The third-order valence-electron chi connectivity index (χ3n) is 7.59. The average Bonchev–Trinajstić information content (AvgIpc) is 2.95. The molecule has 3 aromatic rings. The molecule has 5 heteroatoms. The molecule has 0 atom stereocenters. The van der Waals surface area contributed by atoms with Crippen LogP contribution in [0.1, 0.15) is 85.2 Å². The molecule has 0 aromatic heterocycles. The predicted molar refractivity (Wildman–Crippen MR) is 162 cm³/mol. The van der Waals surface area contributed by atoms with Crippen molar-refractivity contribution in [3.8, 4) is 0 Å². The van der Waals surface area contributed by atoms with Crippen molar-refractivity contribution in [2.45, 2.75) is 65.2 Å². The van der Waals surface area contributed by atoms with E-state index in [1.165, 1.54) is 36.8 Å². The number of anilines is 2. The minimum atomic E-state index is -0.0945. The summed E-state index contributed by atoms with van der Waals surface area (Å²) in [5, 5.41) is 3.01. The number of nitrogens with zero attached hydrogens (tertiary/aromatic N) is 2. The van der Waals surface area contributed by atoms with E-state index in [4.69, 9.17) is 0 Å². The summed E-state index contributed by atoms with van der Waals surface area (Å²) in [6, 6.07) is 24.0. The number of carbonyl (C=O) groups is 2. The summed E-state index contributed by atoms with van der Waals surface area (Å²) in [5.41, 5.74) is 5.89. The summed E-state index contributed by atoms with van der Waals surface area (Å²) in [4.78, 5) is 30.0. The Labute approximate surface area is 234 Å².